The number of nitrogens with one attached hydrogen (secondary N) is 2. The second kappa shape index (κ2) is 9.07. The molecule has 5 aliphatic rings. The average molecular weight is 417 g/mol. The summed E-state index contributed by atoms with van der Waals surface area (Å²) in [6.07, 6.45) is 17.3. The highest BCUT2D eigenvalue weighted by atomic mass is 16.2. The minimum Gasteiger partial charge on any atom is -0.336 e. The lowest BCUT2D eigenvalue weighted by Crippen LogP contribution is -2.69. The zero-order valence-electron chi connectivity index (χ0n) is 19.3. The Hall–Kier alpha value is -0.650. The molecule has 6 unspecified atom stereocenters. The van der Waals surface area contributed by atoms with E-state index < -0.39 is 0 Å². The highest BCUT2D eigenvalue weighted by molar-refractivity contribution is 5.79. The minimum atomic E-state index is 0.307. The molecule has 1 amide bonds. The van der Waals surface area contributed by atoms with Gasteiger partial charge >= 0.3 is 0 Å². The molecule has 0 aromatic carbocycles. The predicted octanol–water partition coefficient (Wildman–Crippen LogP) is 3.63. The molecule has 3 saturated carbocycles. The summed E-state index contributed by atoms with van der Waals surface area (Å²) >= 11 is 0. The third kappa shape index (κ3) is 3.95. The molecule has 5 rings (SSSR count). The topological polar surface area (TPSA) is 47.6 Å². The number of hydrogen-bond donors (Lipinski definition) is 2. The molecule has 2 N–H and O–H groups in total. The molecule has 5 fully saturated rings. The molecule has 170 valence electrons. The second-order valence-electron chi connectivity index (χ2n) is 11.2. The largest absolute Gasteiger partial charge is 0.336 e. The maximum absolute atomic E-state index is 13.7. The van der Waals surface area contributed by atoms with Crippen LogP contribution in [0.15, 0.2) is 0 Å². The lowest BCUT2D eigenvalue weighted by atomic mass is 9.80. The van der Waals surface area contributed by atoms with Crippen LogP contribution in [0.25, 0.3) is 0 Å². The van der Waals surface area contributed by atoms with Crippen molar-refractivity contribution in [3.8, 4) is 0 Å². The zero-order chi connectivity index (χ0) is 20.7. The van der Waals surface area contributed by atoms with Crippen LogP contribution in [0, 0.1) is 5.92 Å². The van der Waals surface area contributed by atoms with Gasteiger partial charge in [0, 0.05) is 36.3 Å². The van der Waals surface area contributed by atoms with E-state index in [2.05, 4.69) is 34.3 Å². The summed E-state index contributed by atoms with van der Waals surface area (Å²) in [5.41, 5.74) is 0. The zero-order valence-corrected chi connectivity index (χ0v) is 19.3. The maximum atomic E-state index is 13.7. The van der Waals surface area contributed by atoms with Crippen LogP contribution in [-0.4, -0.2) is 64.7 Å². The molecule has 2 heterocycles. The van der Waals surface area contributed by atoms with E-state index in [0.717, 1.165) is 0 Å². The molecule has 0 radical (unpaired) electrons. The number of carbonyl (C=O) groups excluding carboxylic acids is 1. The Bertz CT molecular complexity index is 604. The number of nitrogens with zero attached hydrogens (tertiary/aromatic N) is 2. The van der Waals surface area contributed by atoms with Crippen LogP contribution in [0.5, 0.6) is 0 Å². The van der Waals surface area contributed by atoms with Crippen molar-refractivity contribution in [2.75, 3.05) is 6.54 Å². The van der Waals surface area contributed by atoms with Crippen molar-refractivity contribution in [2.24, 2.45) is 5.92 Å². The van der Waals surface area contributed by atoms with Crippen LogP contribution in [0.1, 0.15) is 97.3 Å². The molecule has 0 aromatic rings. The Kier molecular flexibility index (Phi) is 6.41. The smallest absolute Gasteiger partial charge is 0.237 e. The van der Waals surface area contributed by atoms with Crippen LogP contribution in [0.2, 0.25) is 0 Å². The van der Waals surface area contributed by atoms with E-state index in [1.807, 2.05) is 0 Å². The predicted molar refractivity (Wildman–Crippen MR) is 121 cm³/mol. The maximum Gasteiger partial charge on any atom is 0.237 e. The van der Waals surface area contributed by atoms with Crippen molar-refractivity contribution in [3.05, 3.63) is 0 Å². The summed E-state index contributed by atoms with van der Waals surface area (Å²) < 4.78 is 0. The minimum absolute atomic E-state index is 0.307. The lowest BCUT2D eigenvalue weighted by Gasteiger charge is -2.46. The quantitative estimate of drug-likeness (QED) is 0.735. The van der Waals surface area contributed by atoms with Crippen LogP contribution in [-0.2, 0) is 4.79 Å². The third-order valence-electron chi connectivity index (χ3n) is 9.05. The van der Waals surface area contributed by atoms with Crippen LogP contribution in [0.4, 0.5) is 0 Å². The van der Waals surface area contributed by atoms with Gasteiger partial charge in [0.1, 0.15) is 0 Å². The van der Waals surface area contributed by atoms with E-state index in [9.17, 15) is 4.79 Å². The summed E-state index contributed by atoms with van der Waals surface area (Å²) in [6, 6.07) is 3.13. The van der Waals surface area contributed by atoms with E-state index in [-0.39, 0.29) is 0 Å². The van der Waals surface area contributed by atoms with Crippen molar-refractivity contribution in [2.45, 2.75) is 140 Å². The van der Waals surface area contributed by atoms with Crippen molar-refractivity contribution in [1.82, 2.24) is 20.4 Å². The molecule has 5 nitrogen and oxygen atoms in total. The Balaban J connectivity index is 1.34. The van der Waals surface area contributed by atoms with Gasteiger partial charge in [-0.05, 0) is 58.3 Å². The van der Waals surface area contributed by atoms with Crippen molar-refractivity contribution < 1.29 is 4.79 Å². The normalized spacial score (nSPS) is 40.0. The van der Waals surface area contributed by atoms with Crippen LogP contribution < -0.4 is 10.6 Å². The Morgan fingerprint density at radius 1 is 0.867 bits per heavy atom. The molecule has 2 saturated heterocycles. The van der Waals surface area contributed by atoms with Gasteiger partial charge in [-0.2, -0.15) is 0 Å². The number of amides is 1. The number of piperazine rings is 1. The SMILES string of the molecule is CC(C)N(C(=O)CN1C2CCCCC2C2NC3CCCCC3NC21)C1CCCCC1. The van der Waals surface area contributed by atoms with Crippen LogP contribution in [0.3, 0.4) is 0 Å². The summed E-state index contributed by atoms with van der Waals surface area (Å²) in [5.74, 6) is 1.10. The summed E-state index contributed by atoms with van der Waals surface area (Å²) in [6.45, 7) is 5.05. The Morgan fingerprint density at radius 2 is 1.50 bits per heavy atom. The van der Waals surface area contributed by atoms with Gasteiger partial charge < -0.3 is 10.2 Å². The van der Waals surface area contributed by atoms with E-state index in [1.54, 1.807) is 0 Å². The Morgan fingerprint density at radius 3 is 2.23 bits per heavy atom. The first kappa shape index (κ1) is 21.2. The molecule has 0 aromatic heterocycles. The van der Waals surface area contributed by atoms with Gasteiger partial charge in [0.25, 0.3) is 0 Å². The molecule has 0 bridgehead atoms. The molecule has 6 atom stereocenters. The number of carbonyl (C=O) groups is 1. The summed E-state index contributed by atoms with van der Waals surface area (Å²) in [5, 5.41) is 8.18. The standard InChI is InChI=1S/C25H44N4O/c1-17(2)29(18-10-4-3-5-11-18)23(30)16-28-22-15-9-6-12-19(22)24-25(28)27-21-14-8-7-13-20(21)26-24/h17-22,24-27H,3-16H2,1-2H3. The van der Waals surface area contributed by atoms with Gasteiger partial charge in [-0.25, -0.2) is 0 Å². The fraction of sp³-hybridized carbons (Fsp3) is 0.960. The van der Waals surface area contributed by atoms with Crippen molar-refractivity contribution >= 4 is 5.91 Å². The molecular weight excluding hydrogens is 372 g/mol. The highest BCUT2D eigenvalue weighted by Crippen LogP contribution is 2.42. The van der Waals surface area contributed by atoms with E-state index in [0.29, 0.717) is 60.8 Å². The number of fused-ring (bicyclic) bond motifs is 4. The monoisotopic (exact) mass is 416 g/mol. The van der Waals surface area contributed by atoms with E-state index >= 15 is 0 Å². The van der Waals surface area contributed by atoms with Crippen molar-refractivity contribution in [1.29, 1.82) is 0 Å². The molecular formula is C25H44N4O. The molecule has 2 aliphatic heterocycles. The van der Waals surface area contributed by atoms with Gasteiger partial charge in [-0.1, -0.05) is 44.9 Å². The lowest BCUT2D eigenvalue weighted by molar-refractivity contribution is -0.139. The number of likely N-dealkylation sites (tertiary alicyclic amines) is 1. The van der Waals surface area contributed by atoms with Gasteiger partial charge in [0.2, 0.25) is 5.91 Å². The first-order chi connectivity index (χ1) is 14.6. The first-order valence-electron chi connectivity index (χ1n) is 13.2. The fourth-order valence-electron chi connectivity index (χ4n) is 7.75. The first-order valence-corrected chi connectivity index (χ1v) is 13.2. The molecule has 5 heteroatoms. The van der Waals surface area contributed by atoms with Crippen molar-refractivity contribution in [3.63, 3.8) is 0 Å². The third-order valence-corrected chi connectivity index (χ3v) is 9.05. The second-order valence-corrected chi connectivity index (χ2v) is 11.2. The Labute approximate surface area is 183 Å². The van der Waals surface area contributed by atoms with Gasteiger partial charge in [-0.3, -0.25) is 15.0 Å². The van der Waals surface area contributed by atoms with E-state index in [4.69, 9.17) is 0 Å². The highest BCUT2D eigenvalue weighted by Gasteiger charge is 2.53. The van der Waals surface area contributed by atoms with Gasteiger partial charge in [0.15, 0.2) is 0 Å². The molecule has 30 heavy (non-hydrogen) atoms. The average Bonchev–Trinajstić information content (AvgIpc) is 3.06. The van der Waals surface area contributed by atoms with E-state index in [1.165, 1.54) is 83.5 Å². The fourth-order valence-corrected chi connectivity index (χ4v) is 7.75. The number of hydrogen-bond acceptors (Lipinski definition) is 4. The molecule has 0 spiro atoms. The molecule has 3 aliphatic carbocycles. The summed E-state index contributed by atoms with van der Waals surface area (Å²) in [4.78, 5) is 18.6. The number of rotatable bonds is 4. The van der Waals surface area contributed by atoms with Gasteiger partial charge in [-0.15, -0.1) is 0 Å². The summed E-state index contributed by atoms with van der Waals surface area (Å²) in [7, 11) is 0. The van der Waals surface area contributed by atoms with Gasteiger partial charge in [0.05, 0.1) is 12.7 Å². The van der Waals surface area contributed by atoms with Crippen LogP contribution >= 0.6 is 0 Å².